The summed E-state index contributed by atoms with van der Waals surface area (Å²) in [6.45, 7) is 10.9. The molecule has 0 aliphatic heterocycles. The van der Waals surface area contributed by atoms with Crippen molar-refractivity contribution in [3.63, 3.8) is 0 Å². The van der Waals surface area contributed by atoms with Crippen LogP contribution in [0.25, 0.3) is 0 Å². The molecule has 0 bridgehead atoms. The Hall–Kier alpha value is -1.28. The molecule has 0 atom stereocenters. The summed E-state index contributed by atoms with van der Waals surface area (Å²) < 4.78 is 27.7. The van der Waals surface area contributed by atoms with Gasteiger partial charge in [-0.25, -0.2) is 18.1 Å². The van der Waals surface area contributed by atoms with Gasteiger partial charge in [0, 0.05) is 11.9 Å². The number of benzene rings is 1. The molecule has 0 saturated carbocycles. The standard InChI is InChI=1S/C17H25N3O2S2/c1-5-20(6-2)11-15-12-23-17(19-15)10-18-24(21,22)16-9-13(3)7-8-14(16)4/h7-9,12,18H,5-6,10-11H2,1-4H3. The van der Waals surface area contributed by atoms with Gasteiger partial charge < -0.3 is 0 Å². The largest absolute Gasteiger partial charge is 0.298 e. The Morgan fingerprint density at radius 1 is 1.21 bits per heavy atom. The maximum atomic E-state index is 12.5. The quantitative estimate of drug-likeness (QED) is 0.779. The normalized spacial score (nSPS) is 12.0. The van der Waals surface area contributed by atoms with E-state index in [9.17, 15) is 8.42 Å². The molecule has 0 unspecified atom stereocenters. The third-order valence-electron chi connectivity index (χ3n) is 3.93. The SMILES string of the molecule is CCN(CC)Cc1csc(CNS(=O)(=O)c2cc(C)ccc2C)n1. The fourth-order valence-corrected chi connectivity index (χ4v) is 4.54. The van der Waals surface area contributed by atoms with E-state index < -0.39 is 10.0 Å². The van der Waals surface area contributed by atoms with Crippen LogP contribution >= 0.6 is 11.3 Å². The van der Waals surface area contributed by atoms with Crippen molar-refractivity contribution in [3.05, 3.63) is 45.4 Å². The van der Waals surface area contributed by atoms with Gasteiger partial charge in [0.25, 0.3) is 0 Å². The maximum Gasteiger partial charge on any atom is 0.241 e. The van der Waals surface area contributed by atoms with Crippen LogP contribution in [0, 0.1) is 13.8 Å². The van der Waals surface area contributed by atoms with Crippen LogP contribution in [-0.2, 0) is 23.1 Å². The number of thiazole rings is 1. The molecule has 1 N–H and O–H groups in total. The lowest BCUT2D eigenvalue weighted by Gasteiger charge is -2.15. The lowest BCUT2D eigenvalue weighted by Crippen LogP contribution is -2.24. The molecular formula is C17H25N3O2S2. The van der Waals surface area contributed by atoms with E-state index in [4.69, 9.17) is 0 Å². The predicted molar refractivity (Wildman–Crippen MR) is 98.7 cm³/mol. The van der Waals surface area contributed by atoms with Gasteiger partial charge >= 0.3 is 0 Å². The van der Waals surface area contributed by atoms with Crippen molar-refractivity contribution in [1.29, 1.82) is 0 Å². The lowest BCUT2D eigenvalue weighted by molar-refractivity contribution is 0.292. The van der Waals surface area contributed by atoms with Crippen molar-refractivity contribution < 1.29 is 8.42 Å². The van der Waals surface area contributed by atoms with Crippen LogP contribution in [0.5, 0.6) is 0 Å². The summed E-state index contributed by atoms with van der Waals surface area (Å²) in [6.07, 6.45) is 0. The van der Waals surface area contributed by atoms with E-state index in [1.54, 1.807) is 13.0 Å². The van der Waals surface area contributed by atoms with Crippen molar-refractivity contribution in [2.24, 2.45) is 0 Å². The maximum absolute atomic E-state index is 12.5. The van der Waals surface area contributed by atoms with Crippen LogP contribution in [0.2, 0.25) is 0 Å². The first kappa shape index (κ1) is 19.1. The number of aryl methyl sites for hydroxylation is 2. The second-order valence-electron chi connectivity index (χ2n) is 5.79. The van der Waals surface area contributed by atoms with Gasteiger partial charge in [0.15, 0.2) is 0 Å². The van der Waals surface area contributed by atoms with Crippen molar-refractivity contribution in [3.8, 4) is 0 Å². The highest BCUT2D eigenvalue weighted by molar-refractivity contribution is 7.89. The second kappa shape index (κ2) is 8.20. The molecule has 5 nitrogen and oxygen atoms in total. The fourth-order valence-electron chi connectivity index (χ4n) is 2.41. The third kappa shape index (κ3) is 4.86. The molecular weight excluding hydrogens is 342 g/mol. The summed E-state index contributed by atoms with van der Waals surface area (Å²) in [5, 5.41) is 2.78. The van der Waals surface area contributed by atoms with E-state index in [1.807, 2.05) is 24.4 Å². The first-order valence-electron chi connectivity index (χ1n) is 8.08. The van der Waals surface area contributed by atoms with Crippen molar-refractivity contribution in [2.75, 3.05) is 13.1 Å². The van der Waals surface area contributed by atoms with Gasteiger partial charge in [-0.05, 0) is 44.1 Å². The molecule has 1 aromatic heterocycles. The second-order valence-corrected chi connectivity index (χ2v) is 8.47. The number of aromatic nitrogens is 1. The van der Waals surface area contributed by atoms with E-state index in [0.717, 1.165) is 41.5 Å². The van der Waals surface area contributed by atoms with Crippen LogP contribution in [0.4, 0.5) is 0 Å². The molecule has 1 heterocycles. The first-order valence-corrected chi connectivity index (χ1v) is 10.4. The molecule has 2 rings (SSSR count). The van der Waals surface area contributed by atoms with Crippen LogP contribution < -0.4 is 4.72 Å². The predicted octanol–water partition coefficient (Wildman–Crippen LogP) is 3.08. The highest BCUT2D eigenvalue weighted by Gasteiger charge is 2.17. The molecule has 0 aliphatic carbocycles. The van der Waals surface area contributed by atoms with E-state index >= 15 is 0 Å². The number of nitrogens with zero attached hydrogens (tertiary/aromatic N) is 2. The molecule has 1 aromatic carbocycles. The van der Waals surface area contributed by atoms with E-state index in [-0.39, 0.29) is 6.54 Å². The third-order valence-corrected chi connectivity index (χ3v) is 6.37. The molecule has 0 saturated heterocycles. The Balaban J connectivity index is 2.05. The zero-order valence-electron chi connectivity index (χ0n) is 14.7. The molecule has 7 heteroatoms. The van der Waals surface area contributed by atoms with E-state index in [2.05, 4.69) is 28.5 Å². The van der Waals surface area contributed by atoms with E-state index in [0.29, 0.717) is 4.90 Å². The summed E-state index contributed by atoms with van der Waals surface area (Å²) in [4.78, 5) is 7.15. The molecule has 0 amide bonds. The summed E-state index contributed by atoms with van der Waals surface area (Å²) >= 11 is 1.49. The molecule has 24 heavy (non-hydrogen) atoms. The van der Waals surface area contributed by atoms with Crippen molar-refractivity contribution >= 4 is 21.4 Å². The monoisotopic (exact) mass is 367 g/mol. The molecule has 0 aliphatic rings. The fraction of sp³-hybridized carbons (Fsp3) is 0.471. The van der Waals surface area contributed by atoms with Crippen LogP contribution in [0.15, 0.2) is 28.5 Å². The van der Waals surface area contributed by atoms with Gasteiger partial charge in [-0.2, -0.15) is 0 Å². The van der Waals surface area contributed by atoms with E-state index in [1.165, 1.54) is 11.3 Å². The van der Waals surface area contributed by atoms with Gasteiger partial charge in [0.1, 0.15) is 5.01 Å². The topological polar surface area (TPSA) is 62.3 Å². The van der Waals surface area contributed by atoms with Gasteiger partial charge in [-0.15, -0.1) is 11.3 Å². The Kier molecular flexibility index (Phi) is 6.51. The Morgan fingerprint density at radius 3 is 2.58 bits per heavy atom. The zero-order valence-corrected chi connectivity index (χ0v) is 16.3. The summed E-state index contributed by atoms with van der Waals surface area (Å²) in [5.41, 5.74) is 2.66. The van der Waals surface area contributed by atoms with Crippen LogP contribution in [0.1, 0.15) is 35.7 Å². The Morgan fingerprint density at radius 2 is 1.92 bits per heavy atom. The smallest absolute Gasteiger partial charge is 0.241 e. The molecule has 0 fully saturated rings. The number of nitrogens with one attached hydrogen (secondary N) is 1. The highest BCUT2D eigenvalue weighted by atomic mass is 32.2. The number of hydrogen-bond donors (Lipinski definition) is 1. The average Bonchev–Trinajstić information content (AvgIpc) is 3.00. The summed E-state index contributed by atoms with van der Waals surface area (Å²) in [7, 11) is -3.53. The average molecular weight is 368 g/mol. The molecule has 132 valence electrons. The van der Waals surface area contributed by atoms with Gasteiger partial charge in [-0.3, -0.25) is 4.90 Å². The molecule has 0 radical (unpaired) electrons. The number of rotatable bonds is 8. The van der Waals surface area contributed by atoms with Crippen molar-refractivity contribution in [2.45, 2.75) is 45.7 Å². The summed E-state index contributed by atoms with van der Waals surface area (Å²) in [6, 6.07) is 5.44. The van der Waals surface area contributed by atoms with Gasteiger partial charge in [0.2, 0.25) is 10.0 Å². The minimum absolute atomic E-state index is 0.221. The number of sulfonamides is 1. The summed E-state index contributed by atoms with van der Waals surface area (Å²) in [5.74, 6) is 0. The highest BCUT2D eigenvalue weighted by Crippen LogP contribution is 2.18. The Labute approximate surface area is 148 Å². The van der Waals surface area contributed by atoms with Gasteiger partial charge in [0.05, 0.1) is 17.1 Å². The van der Waals surface area contributed by atoms with Crippen LogP contribution in [-0.4, -0.2) is 31.4 Å². The Bertz CT molecular complexity index is 781. The van der Waals surface area contributed by atoms with Gasteiger partial charge in [-0.1, -0.05) is 26.0 Å². The number of hydrogen-bond acceptors (Lipinski definition) is 5. The first-order chi connectivity index (χ1) is 11.4. The minimum Gasteiger partial charge on any atom is -0.298 e. The molecule has 0 spiro atoms. The molecule has 2 aromatic rings. The van der Waals surface area contributed by atoms with Crippen molar-refractivity contribution in [1.82, 2.24) is 14.6 Å². The zero-order chi connectivity index (χ0) is 17.7. The minimum atomic E-state index is -3.53. The lowest BCUT2D eigenvalue weighted by atomic mass is 10.2. The van der Waals surface area contributed by atoms with Crippen LogP contribution in [0.3, 0.4) is 0 Å².